The van der Waals surface area contributed by atoms with Crippen molar-refractivity contribution in [2.45, 2.75) is 6.04 Å². The standard InChI is InChI=1S/C3H7N2O/c4-1-3(5)2-6/h1-3H,4-5H2. The van der Waals surface area contributed by atoms with Gasteiger partial charge >= 0.3 is 0 Å². The van der Waals surface area contributed by atoms with E-state index in [-0.39, 0.29) is 0 Å². The Labute approximate surface area is 36.3 Å². The molecule has 0 aromatic carbocycles. The SMILES string of the molecule is N[CH]C(N)C=O. The number of nitrogens with two attached hydrogens (primary N) is 2. The van der Waals surface area contributed by atoms with Gasteiger partial charge in [0.25, 0.3) is 0 Å². The molecule has 0 saturated heterocycles. The molecule has 35 valence electrons. The Bertz CT molecular complexity index is 46.1. The van der Waals surface area contributed by atoms with Gasteiger partial charge in [0.2, 0.25) is 0 Å². The number of aldehydes is 1. The van der Waals surface area contributed by atoms with Gasteiger partial charge in [0.05, 0.1) is 6.04 Å². The fraction of sp³-hybridized carbons (Fsp3) is 0.333. The molecule has 0 saturated carbocycles. The van der Waals surface area contributed by atoms with E-state index >= 15 is 0 Å². The molecule has 0 bridgehead atoms. The fourth-order valence-electron chi connectivity index (χ4n) is 0.0454. The first-order valence-electron chi connectivity index (χ1n) is 1.57. The van der Waals surface area contributed by atoms with Gasteiger partial charge in [-0.15, -0.1) is 0 Å². The fourth-order valence-corrected chi connectivity index (χ4v) is 0.0454. The van der Waals surface area contributed by atoms with E-state index in [1.165, 1.54) is 0 Å². The van der Waals surface area contributed by atoms with Crippen LogP contribution in [0.2, 0.25) is 0 Å². The highest BCUT2D eigenvalue weighted by molar-refractivity contribution is 5.58. The second-order valence-electron chi connectivity index (χ2n) is 0.906. The molecule has 0 fully saturated rings. The van der Waals surface area contributed by atoms with Gasteiger partial charge in [0, 0.05) is 6.54 Å². The number of carbonyl (C=O) groups excluding carboxylic acids is 1. The topological polar surface area (TPSA) is 69.1 Å². The quantitative estimate of drug-likeness (QED) is 0.408. The van der Waals surface area contributed by atoms with Gasteiger partial charge in [-0.2, -0.15) is 0 Å². The van der Waals surface area contributed by atoms with E-state index in [0.717, 1.165) is 6.54 Å². The Kier molecular flexibility index (Phi) is 2.62. The average molecular weight is 87.1 g/mol. The highest BCUT2D eigenvalue weighted by atomic mass is 16.1. The molecular weight excluding hydrogens is 80.0 g/mol. The molecule has 6 heavy (non-hydrogen) atoms. The Hall–Kier alpha value is -0.410. The van der Waals surface area contributed by atoms with Crippen LogP contribution in [-0.4, -0.2) is 12.3 Å². The van der Waals surface area contributed by atoms with Gasteiger partial charge in [0.1, 0.15) is 6.29 Å². The zero-order valence-corrected chi connectivity index (χ0v) is 3.29. The molecule has 1 unspecified atom stereocenters. The summed E-state index contributed by atoms with van der Waals surface area (Å²) in [6.07, 6.45) is 0.569. The van der Waals surface area contributed by atoms with E-state index in [1.807, 2.05) is 0 Å². The van der Waals surface area contributed by atoms with Crippen molar-refractivity contribution in [3.63, 3.8) is 0 Å². The average Bonchev–Trinajstić information content (AvgIpc) is 1.65. The molecule has 0 aliphatic rings. The van der Waals surface area contributed by atoms with Crippen LogP contribution in [0.1, 0.15) is 0 Å². The molecule has 0 aromatic rings. The molecule has 3 heteroatoms. The van der Waals surface area contributed by atoms with Gasteiger partial charge in [-0.25, -0.2) is 0 Å². The molecule has 0 aliphatic carbocycles. The van der Waals surface area contributed by atoms with Crippen LogP contribution in [0.4, 0.5) is 0 Å². The molecule has 0 aromatic heterocycles. The molecule has 1 atom stereocenters. The molecule has 0 aliphatic heterocycles. The lowest BCUT2D eigenvalue weighted by Crippen LogP contribution is -2.25. The van der Waals surface area contributed by atoms with Crippen LogP contribution in [0.15, 0.2) is 0 Å². The van der Waals surface area contributed by atoms with Gasteiger partial charge in [0.15, 0.2) is 0 Å². The van der Waals surface area contributed by atoms with Crippen LogP contribution in [-0.2, 0) is 4.79 Å². The van der Waals surface area contributed by atoms with Gasteiger partial charge in [-0.05, 0) is 0 Å². The third-order valence-corrected chi connectivity index (χ3v) is 0.379. The summed E-state index contributed by atoms with van der Waals surface area (Å²) in [6, 6.07) is -0.593. The summed E-state index contributed by atoms with van der Waals surface area (Å²) in [5.41, 5.74) is 9.72. The molecule has 4 N–H and O–H groups in total. The van der Waals surface area contributed by atoms with E-state index in [1.54, 1.807) is 0 Å². The van der Waals surface area contributed by atoms with E-state index in [0.29, 0.717) is 6.29 Å². The van der Waals surface area contributed by atoms with Crippen LogP contribution in [0.3, 0.4) is 0 Å². The highest BCUT2D eigenvalue weighted by Gasteiger charge is 1.90. The Morgan fingerprint density at radius 2 is 2.17 bits per heavy atom. The highest BCUT2D eigenvalue weighted by Crippen LogP contribution is 1.64. The van der Waals surface area contributed by atoms with Crippen molar-refractivity contribution in [3.8, 4) is 0 Å². The van der Waals surface area contributed by atoms with Crippen molar-refractivity contribution in [1.29, 1.82) is 0 Å². The van der Waals surface area contributed by atoms with Crippen molar-refractivity contribution < 1.29 is 4.79 Å². The number of carbonyl (C=O) groups is 1. The second-order valence-corrected chi connectivity index (χ2v) is 0.906. The third-order valence-electron chi connectivity index (χ3n) is 0.379. The molecule has 0 heterocycles. The number of hydrogen-bond donors (Lipinski definition) is 2. The largest absolute Gasteiger partial charge is 0.325 e. The van der Waals surface area contributed by atoms with E-state index in [9.17, 15) is 4.79 Å². The molecular formula is C3H7N2O. The lowest BCUT2D eigenvalue weighted by Gasteiger charge is -1.90. The third kappa shape index (κ3) is 1.87. The van der Waals surface area contributed by atoms with Crippen LogP contribution >= 0.6 is 0 Å². The Balaban J connectivity index is 2.96. The Morgan fingerprint density at radius 1 is 1.67 bits per heavy atom. The predicted octanol–water partition coefficient (Wildman–Crippen LogP) is -1.37. The summed E-state index contributed by atoms with van der Waals surface area (Å²) in [5, 5.41) is 0. The van der Waals surface area contributed by atoms with E-state index in [2.05, 4.69) is 0 Å². The van der Waals surface area contributed by atoms with Crippen molar-refractivity contribution in [3.05, 3.63) is 6.54 Å². The first kappa shape index (κ1) is 5.59. The maximum absolute atomic E-state index is 9.50. The molecule has 0 amide bonds. The minimum absolute atomic E-state index is 0.569. The smallest absolute Gasteiger partial charge is 0.138 e. The summed E-state index contributed by atoms with van der Waals surface area (Å²) < 4.78 is 0. The Morgan fingerprint density at radius 3 is 2.17 bits per heavy atom. The van der Waals surface area contributed by atoms with Crippen molar-refractivity contribution in [2.24, 2.45) is 11.5 Å². The lowest BCUT2D eigenvalue weighted by molar-refractivity contribution is -0.108. The normalized spacial score (nSPS) is 13.7. The second kappa shape index (κ2) is 2.81. The number of rotatable bonds is 2. The first-order chi connectivity index (χ1) is 2.81. The molecule has 0 spiro atoms. The van der Waals surface area contributed by atoms with Gasteiger partial charge < -0.3 is 16.3 Å². The maximum atomic E-state index is 9.50. The van der Waals surface area contributed by atoms with Gasteiger partial charge in [-0.1, -0.05) is 0 Å². The number of hydrogen-bond acceptors (Lipinski definition) is 3. The minimum atomic E-state index is -0.593. The summed E-state index contributed by atoms with van der Waals surface area (Å²) in [4.78, 5) is 9.50. The zero-order valence-electron chi connectivity index (χ0n) is 3.29. The van der Waals surface area contributed by atoms with Crippen LogP contribution in [0.25, 0.3) is 0 Å². The molecule has 1 radical (unpaired) electrons. The van der Waals surface area contributed by atoms with E-state index < -0.39 is 6.04 Å². The van der Waals surface area contributed by atoms with Crippen LogP contribution < -0.4 is 11.5 Å². The first-order valence-corrected chi connectivity index (χ1v) is 1.57. The van der Waals surface area contributed by atoms with Crippen LogP contribution in [0.5, 0.6) is 0 Å². The summed E-state index contributed by atoms with van der Waals surface area (Å²) in [6.45, 7) is 1.13. The van der Waals surface area contributed by atoms with E-state index in [4.69, 9.17) is 11.5 Å². The lowest BCUT2D eigenvalue weighted by atomic mass is 10.4. The maximum Gasteiger partial charge on any atom is 0.138 e. The molecule has 0 rings (SSSR count). The van der Waals surface area contributed by atoms with Crippen molar-refractivity contribution in [2.75, 3.05) is 0 Å². The summed E-state index contributed by atoms with van der Waals surface area (Å²) in [7, 11) is 0. The molecule has 3 nitrogen and oxygen atoms in total. The van der Waals surface area contributed by atoms with Crippen molar-refractivity contribution in [1.82, 2.24) is 0 Å². The predicted molar refractivity (Wildman–Crippen MR) is 22.5 cm³/mol. The van der Waals surface area contributed by atoms with Crippen molar-refractivity contribution >= 4 is 6.29 Å². The zero-order chi connectivity index (χ0) is 4.99. The van der Waals surface area contributed by atoms with Gasteiger partial charge in [-0.3, -0.25) is 0 Å². The monoisotopic (exact) mass is 87.1 g/mol. The summed E-state index contributed by atoms with van der Waals surface area (Å²) in [5.74, 6) is 0. The van der Waals surface area contributed by atoms with Crippen LogP contribution in [0, 0.1) is 6.54 Å². The summed E-state index contributed by atoms with van der Waals surface area (Å²) >= 11 is 0. The minimum Gasteiger partial charge on any atom is -0.325 e.